The van der Waals surface area contributed by atoms with Gasteiger partial charge in [0, 0.05) is 25.7 Å². The lowest BCUT2D eigenvalue weighted by molar-refractivity contribution is 0.00578. The van der Waals surface area contributed by atoms with E-state index in [0.717, 1.165) is 25.7 Å². The second kappa shape index (κ2) is 1.49. The van der Waals surface area contributed by atoms with Crippen LogP contribution in [-0.2, 0) is 18.8 Å². The van der Waals surface area contributed by atoms with Gasteiger partial charge in [-0.1, -0.05) is 11.1 Å². The Morgan fingerprint density at radius 3 is 1.69 bits per heavy atom. The van der Waals surface area contributed by atoms with Gasteiger partial charge in [0.05, 0.1) is 0 Å². The molecule has 0 N–H and O–H groups in total. The molecule has 0 amide bonds. The van der Waals surface area contributed by atoms with Crippen LogP contribution in [0.5, 0.6) is 0 Å². The number of hydrogen-bond acceptors (Lipinski definition) is 4. The number of rotatable bonds is 0. The van der Waals surface area contributed by atoms with Crippen LogP contribution in [0.2, 0.25) is 0 Å². The third-order valence-corrected chi connectivity index (χ3v) is 4.90. The van der Waals surface area contributed by atoms with Crippen molar-refractivity contribution in [2.75, 3.05) is 0 Å². The molecule has 1 heterocycles. The Morgan fingerprint density at radius 2 is 1.31 bits per heavy atom. The summed E-state index contributed by atoms with van der Waals surface area (Å²) in [6.45, 7) is 0. The highest BCUT2D eigenvalue weighted by molar-refractivity contribution is 7.82. The Bertz CT molecular complexity index is 407. The van der Waals surface area contributed by atoms with Gasteiger partial charge in [-0.05, 0) is 0 Å². The van der Waals surface area contributed by atoms with Gasteiger partial charge in [-0.15, -0.1) is 0 Å². The summed E-state index contributed by atoms with van der Waals surface area (Å²) in [7, 11) is -3.70. The molecule has 5 aliphatic rings. The first-order chi connectivity index (χ1) is 6.04. The van der Waals surface area contributed by atoms with Crippen molar-refractivity contribution < 1.29 is 16.8 Å². The quantitative estimate of drug-likeness (QED) is 0.539. The summed E-state index contributed by atoms with van der Waals surface area (Å²) in [5, 5.41) is 0. The van der Waals surface area contributed by atoms with E-state index in [0.29, 0.717) is 0 Å². The fraction of sp³-hybridized carbons (Fsp3) is 0.750. The molecule has 2 spiro atoms. The molecule has 1 saturated heterocycles. The van der Waals surface area contributed by atoms with E-state index >= 15 is 0 Å². The molecule has 0 atom stereocenters. The highest BCUT2D eigenvalue weighted by Crippen LogP contribution is 2.70. The maximum absolute atomic E-state index is 11.2. The minimum atomic E-state index is -3.70. The predicted octanol–water partition coefficient (Wildman–Crippen LogP) is 0.653. The van der Waals surface area contributed by atoms with Crippen LogP contribution in [-0.4, -0.2) is 19.6 Å². The Labute approximate surface area is 75.9 Å². The van der Waals surface area contributed by atoms with Gasteiger partial charge in [-0.2, -0.15) is 8.42 Å². The number of hydrogen-bond donors (Lipinski definition) is 0. The average molecular weight is 200 g/mol. The molecule has 70 valence electrons. The summed E-state index contributed by atoms with van der Waals surface area (Å²) in [6, 6.07) is 0. The van der Waals surface area contributed by atoms with Crippen LogP contribution in [0, 0.1) is 0 Å². The molecule has 5 heteroatoms. The van der Waals surface area contributed by atoms with Crippen molar-refractivity contribution in [1.29, 1.82) is 0 Å². The predicted molar refractivity (Wildman–Crippen MR) is 42.0 cm³/mol. The van der Waals surface area contributed by atoms with Crippen LogP contribution >= 0.6 is 0 Å². The lowest BCUT2D eigenvalue weighted by Gasteiger charge is -2.25. The van der Waals surface area contributed by atoms with E-state index in [9.17, 15) is 8.42 Å². The summed E-state index contributed by atoms with van der Waals surface area (Å²) < 4.78 is 32.6. The van der Waals surface area contributed by atoms with Crippen molar-refractivity contribution in [2.45, 2.75) is 36.9 Å². The van der Waals surface area contributed by atoms with Gasteiger partial charge in [0.1, 0.15) is 11.2 Å². The third-order valence-electron chi connectivity index (χ3n) is 3.85. The molecule has 0 aromatic carbocycles. The molecule has 1 aliphatic heterocycles. The van der Waals surface area contributed by atoms with Crippen LogP contribution in [0.3, 0.4) is 0 Å². The van der Waals surface area contributed by atoms with Crippen LogP contribution in [0.1, 0.15) is 25.7 Å². The van der Waals surface area contributed by atoms with E-state index in [1.165, 1.54) is 11.1 Å². The largest absolute Gasteiger partial charge is 0.401 e. The zero-order valence-corrected chi connectivity index (χ0v) is 7.69. The molecular formula is C8H8O4S. The summed E-state index contributed by atoms with van der Waals surface area (Å²) in [5.41, 5.74) is 1.73. The molecule has 0 aromatic heterocycles. The van der Waals surface area contributed by atoms with Crippen molar-refractivity contribution in [1.82, 2.24) is 0 Å². The maximum Gasteiger partial charge on any atom is 0.401 e. The standard InChI is InChI=1S/C8H8O4S/c9-13(10)11-7-1-5-2-8(7,12-13)4-6(5)3-7/h1-4H2. The molecule has 4 bridgehead atoms. The monoisotopic (exact) mass is 200 g/mol. The van der Waals surface area contributed by atoms with E-state index in [1.807, 2.05) is 0 Å². The molecule has 4 aliphatic carbocycles. The lowest BCUT2D eigenvalue weighted by Crippen LogP contribution is -2.41. The van der Waals surface area contributed by atoms with Crippen LogP contribution in [0.4, 0.5) is 0 Å². The van der Waals surface area contributed by atoms with Crippen molar-refractivity contribution >= 4 is 10.4 Å². The van der Waals surface area contributed by atoms with E-state index < -0.39 is 21.6 Å². The van der Waals surface area contributed by atoms with E-state index in [2.05, 4.69) is 0 Å². The molecule has 0 radical (unpaired) electrons. The zero-order valence-electron chi connectivity index (χ0n) is 6.87. The van der Waals surface area contributed by atoms with Crippen LogP contribution < -0.4 is 0 Å². The van der Waals surface area contributed by atoms with Crippen LogP contribution in [0.25, 0.3) is 0 Å². The first kappa shape index (κ1) is 6.98. The maximum atomic E-state index is 11.2. The summed E-state index contributed by atoms with van der Waals surface area (Å²) in [6.07, 6.45) is 3.12. The van der Waals surface area contributed by atoms with Gasteiger partial charge < -0.3 is 0 Å². The van der Waals surface area contributed by atoms with Gasteiger partial charge in [-0.25, -0.2) is 8.37 Å². The second-order valence-electron chi connectivity index (χ2n) is 4.48. The van der Waals surface area contributed by atoms with Crippen molar-refractivity contribution in [2.24, 2.45) is 0 Å². The van der Waals surface area contributed by atoms with E-state index in [-0.39, 0.29) is 0 Å². The molecule has 13 heavy (non-hydrogen) atoms. The fourth-order valence-electron chi connectivity index (χ4n) is 3.45. The van der Waals surface area contributed by atoms with Gasteiger partial charge in [0.15, 0.2) is 0 Å². The lowest BCUT2D eigenvalue weighted by atomic mass is 9.90. The molecule has 0 unspecified atom stereocenters. The minimum absolute atomic E-state index is 0.517. The molecular weight excluding hydrogens is 192 g/mol. The summed E-state index contributed by atoms with van der Waals surface area (Å²) in [5.74, 6) is 0. The minimum Gasteiger partial charge on any atom is -0.238 e. The summed E-state index contributed by atoms with van der Waals surface area (Å²) >= 11 is 0. The molecule has 2 saturated carbocycles. The normalized spacial score (nSPS) is 53.8. The summed E-state index contributed by atoms with van der Waals surface area (Å²) in [4.78, 5) is 0. The smallest absolute Gasteiger partial charge is 0.238 e. The highest BCUT2D eigenvalue weighted by atomic mass is 32.3. The van der Waals surface area contributed by atoms with E-state index in [4.69, 9.17) is 8.37 Å². The van der Waals surface area contributed by atoms with Gasteiger partial charge in [0.2, 0.25) is 0 Å². The molecule has 5 rings (SSSR count). The first-order valence-electron chi connectivity index (χ1n) is 4.40. The van der Waals surface area contributed by atoms with Crippen molar-refractivity contribution in [3.63, 3.8) is 0 Å². The Kier molecular flexibility index (Phi) is 0.800. The Morgan fingerprint density at radius 1 is 0.923 bits per heavy atom. The van der Waals surface area contributed by atoms with Gasteiger partial charge >= 0.3 is 10.4 Å². The Hall–Kier alpha value is -0.390. The molecule has 4 nitrogen and oxygen atoms in total. The Balaban J connectivity index is 2.01. The van der Waals surface area contributed by atoms with Crippen molar-refractivity contribution in [3.8, 4) is 0 Å². The fourth-order valence-corrected chi connectivity index (χ4v) is 4.81. The first-order valence-corrected chi connectivity index (χ1v) is 5.74. The van der Waals surface area contributed by atoms with Gasteiger partial charge in [0.25, 0.3) is 0 Å². The topological polar surface area (TPSA) is 52.6 Å². The van der Waals surface area contributed by atoms with E-state index in [1.54, 1.807) is 0 Å². The SMILES string of the molecule is O=S1(=O)OC23CC4=C(C2)CC3(C4)O1. The van der Waals surface area contributed by atoms with Gasteiger partial charge in [-0.3, -0.25) is 0 Å². The third kappa shape index (κ3) is 0.539. The van der Waals surface area contributed by atoms with Crippen molar-refractivity contribution in [3.05, 3.63) is 11.1 Å². The molecule has 0 aromatic rings. The highest BCUT2D eigenvalue weighted by Gasteiger charge is 2.75. The second-order valence-corrected chi connectivity index (χ2v) is 5.63. The zero-order chi connectivity index (χ0) is 8.90. The average Bonchev–Trinajstić information content (AvgIpc) is 2.49. The van der Waals surface area contributed by atoms with Crippen LogP contribution in [0.15, 0.2) is 11.1 Å². The molecule has 3 fully saturated rings.